The van der Waals surface area contributed by atoms with Gasteiger partial charge in [0.15, 0.2) is 11.0 Å². The number of rotatable bonds is 3. The molecule has 5 nitrogen and oxygen atoms in total. The number of hydrogen-bond donors (Lipinski definition) is 0. The molecule has 0 aromatic heterocycles. The van der Waals surface area contributed by atoms with Gasteiger partial charge in [0.05, 0.1) is 11.4 Å². The maximum atomic E-state index is 12.5. The predicted molar refractivity (Wildman–Crippen MR) is 99.6 cm³/mol. The van der Waals surface area contributed by atoms with Gasteiger partial charge in [-0.15, -0.1) is 0 Å². The molecule has 0 saturated carbocycles. The Kier molecular flexibility index (Phi) is 3.97. The molecule has 25 heavy (non-hydrogen) atoms. The minimum absolute atomic E-state index is 0.00495. The number of amidine groups is 2. The molecule has 0 aliphatic carbocycles. The number of benzene rings is 2. The fourth-order valence-electron chi connectivity index (χ4n) is 2.81. The third-order valence-corrected chi connectivity index (χ3v) is 5.02. The molecule has 124 valence electrons. The van der Waals surface area contributed by atoms with Crippen LogP contribution in [0.4, 0.5) is 5.69 Å². The summed E-state index contributed by atoms with van der Waals surface area (Å²) in [5.74, 6) is 0.738. The van der Waals surface area contributed by atoms with Gasteiger partial charge in [0.25, 0.3) is 5.91 Å². The van der Waals surface area contributed by atoms with Crippen LogP contribution in [0.15, 0.2) is 64.6 Å². The van der Waals surface area contributed by atoms with Crippen LogP contribution in [-0.4, -0.2) is 39.4 Å². The Morgan fingerprint density at radius 3 is 2.64 bits per heavy atom. The summed E-state index contributed by atoms with van der Waals surface area (Å²) in [4.78, 5) is 35.5. The van der Waals surface area contributed by atoms with Crippen LogP contribution in [0.1, 0.15) is 22.8 Å². The molecule has 2 aliphatic rings. The van der Waals surface area contributed by atoms with Gasteiger partial charge < -0.3 is 0 Å². The van der Waals surface area contributed by atoms with Crippen molar-refractivity contribution in [3.8, 4) is 0 Å². The quantitative estimate of drug-likeness (QED) is 0.799. The average Bonchev–Trinajstić information content (AvgIpc) is 2.95. The van der Waals surface area contributed by atoms with E-state index in [1.807, 2.05) is 42.5 Å². The number of thioether (sulfide) groups is 1. The highest BCUT2D eigenvalue weighted by Gasteiger charge is 2.39. The van der Waals surface area contributed by atoms with Crippen molar-refractivity contribution in [3.63, 3.8) is 0 Å². The van der Waals surface area contributed by atoms with Crippen LogP contribution in [0.2, 0.25) is 0 Å². The van der Waals surface area contributed by atoms with Gasteiger partial charge in [-0.25, -0.2) is 9.89 Å². The van der Waals surface area contributed by atoms with Crippen LogP contribution in [0.25, 0.3) is 0 Å². The summed E-state index contributed by atoms with van der Waals surface area (Å²) >= 11 is 1.27. The number of ketones is 1. The molecule has 0 radical (unpaired) electrons. The summed E-state index contributed by atoms with van der Waals surface area (Å²) in [6.45, 7) is 1.77. The third kappa shape index (κ3) is 2.78. The van der Waals surface area contributed by atoms with Gasteiger partial charge in [0, 0.05) is 11.1 Å². The fourth-order valence-corrected chi connectivity index (χ4v) is 3.71. The second kappa shape index (κ2) is 6.29. The van der Waals surface area contributed by atoms with Crippen LogP contribution >= 0.6 is 11.8 Å². The molecule has 2 aromatic rings. The van der Waals surface area contributed by atoms with E-state index in [-0.39, 0.29) is 17.4 Å². The van der Waals surface area contributed by atoms with Crippen molar-refractivity contribution in [2.24, 2.45) is 9.98 Å². The first-order chi connectivity index (χ1) is 12.1. The number of para-hydroxylation sites is 1. The van der Waals surface area contributed by atoms with Crippen molar-refractivity contribution in [1.29, 1.82) is 0 Å². The Morgan fingerprint density at radius 2 is 1.84 bits per heavy atom. The van der Waals surface area contributed by atoms with Crippen molar-refractivity contribution in [2.45, 2.75) is 13.0 Å². The molecule has 0 N–H and O–H groups in total. The van der Waals surface area contributed by atoms with E-state index >= 15 is 0 Å². The Bertz CT molecular complexity index is 921. The van der Waals surface area contributed by atoms with Crippen LogP contribution < -0.4 is 0 Å². The van der Waals surface area contributed by atoms with E-state index in [1.54, 1.807) is 19.1 Å². The van der Waals surface area contributed by atoms with Crippen molar-refractivity contribution in [1.82, 2.24) is 4.90 Å². The van der Waals surface area contributed by atoms with Gasteiger partial charge in [-0.05, 0) is 19.1 Å². The fraction of sp³-hybridized carbons (Fsp3) is 0.158. The van der Waals surface area contributed by atoms with Crippen LogP contribution in [-0.2, 0) is 4.79 Å². The van der Waals surface area contributed by atoms with Gasteiger partial charge in [-0.3, -0.25) is 14.6 Å². The highest BCUT2D eigenvalue weighted by Crippen LogP contribution is 2.33. The highest BCUT2D eigenvalue weighted by molar-refractivity contribution is 8.14. The largest absolute Gasteiger partial charge is 0.293 e. The smallest absolute Gasteiger partial charge is 0.258 e. The van der Waals surface area contributed by atoms with Crippen molar-refractivity contribution in [3.05, 3.63) is 65.7 Å². The molecule has 2 heterocycles. The second-order valence-electron chi connectivity index (χ2n) is 5.79. The molecular formula is C19H15N3O2S. The summed E-state index contributed by atoms with van der Waals surface area (Å²) in [5, 5.41) is 0.510. The van der Waals surface area contributed by atoms with Crippen LogP contribution in [0.5, 0.6) is 0 Å². The predicted octanol–water partition coefficient (Wildman–Crippen LogP) is 3.28. The minimum Gasteiger partial charge on any atom is -0.293 e. The molecule has 0 fully saturated rings. The summed E-state index contributed by atoms with van der Waals surface area (Å²) in [6, 6.07) is 16.3. The first-order valence-electron chi connectivity index (χ1n) is 7.96. The summed E-state index contributed by atoms with van der Waals surface area (Å²) < 4.78 is 0. The van der Waals surface area contributed by atoms with E-state index < -0.39 is 6.04 Å². The lowest BCUT2D eigenvalue weighted by Crippen LogP contribution is -2.40. The molecule has 0 bridgehead atoms. The summed E-state index contributed by atoms with van der Waals surface area (Å²) in [6.07, 6.45) is 0. The number of nitrogens with zero attached hydrogens (tertiary/aromatic N) is 3. The van der Waals surface area contributed by atoms with Crippen molar-refractivity contribution < 1.29 is 9.59 Å². The number of Topliss-reactive ketones (excluding diaryl/α,β-unsaturated/α-hetero) is 1. The Labute approximate surface area is 149 Å². The van der Waals surface area contributed by atoms with Gasteiger partial charge >= 0.3 is 0 Å². The lowest BCUT2D eigenvalue weighted by Gasteiger charge is -2.25. The Morgan fingerprint density at radius 1 is 1.12 bits per heavy atom. The zero-order valence-corrected chi connectivity index (χ0v) is 14.4. The standard InChI is InChI=1S/C19H15N3O2S/c1-12-18(24)22-17(20-12)14-9-5-6-10-15(14)21-19(22)25-11-16(23)13-7-3-2-4-8-13/h2-10,12H,11H2,1H3. The average molecular weight is 349 g/mol. The summed E-state index contributed by atoms with van der Waals surface area (Å²) in [5.41, 5.74) is 2.27. The Balaban J connectivity index is 1.63. The lowest BCUT2D eigenvalue weighted by molar-refractivity contribution is -0.124. The molecule has 1 unspecified atom stereocenters. The van der Waals surface area contributed by atoms with Gasteiger partial charge in [0.1, 0.15) is 11.9 Å². The molecule has 4 rings (SSSR count). The first-order valence-corrected chi connectivity index (χ1v) is 8.94. The zero-order chi connectivity index (χ0) is 17.4. The van der Waals surface area contributed by atoms with E-state index in [4.69, 9.17) is 0 Å². The van der Waals surface area contributed by atoms with E-state index in [0.29, 0.717) is 16.6 Å². The van der Waals surface area contributed by atoms with E-state index in [1.165, 1.54) is 16.7 Å². The SMILES string of the molecule is CC1N=C2c3ccccc3N=C(SCC(=O)c3ccccc3)N2C1=O. The maximum absolute atomic E-state index is 12.5. The van der Waals surface area contributed by atoms with E-state index in [0.717, 1.165) is 11.3 Å². The number of amides is 1. The zero-order valence-electron chi connectivity index (χ0n) is 13.5. The molecule has 1 amide bonds. The van der Waals surface area contributed by atoms with E-state index in [2.05, 4.69) is 9.98 Å². The third-order valence-electron chi connectivity index (χ3n) is 4.09. The van der Waals surface area contributed by atoms with Crippen LogP contribution in [0, 0.1) is 0 Å². The number of carbonyl (C=O) groups excluding carboxylic acids is 2. The van der Waals surface area contributed by atoms with Crippen molar-refractivity contribution in [2.75, 3.05) is 5.75 Å². The monoisotopic (exact) mass is 349 g/mol. The normalized spacial score (nSPS) is 18.4. The summed E-state index contributed by atoms with van der Waals surface area (Å²) in [7, 11) is 0. The molecule has 2 aromatic carbocycles. The molecule has 0 saturated heterocycles. The van der Waals surface area contributed by atoms with Gasteiger partial charge in [0.2, 0.25) is 0 Å². The van der Waals surface area contributed by atoms with Gasteiger partial charge in [-0.2, -0.15) is 0 Å². The molecule has 1 atom stereocenters. The number of carbonyl (C=O) groups is 2. The number of aliphatic imine (C=N–C) groups is 2. The number of hydrogen-bond acceptors (Lipinski definition) is 5. The molecular weight excluding hydrogens is 334 g/mol. The first kappa shape index (κ1) is 15.8. The molecule has 6 heteroatoms. The number of fused-ring (bicyclic) bond motifs is 3. The topological polar surface area (TPSA) is 62.1 Å². The minimum atomic E-state index is -0.434. The van der Waals surface area contributed by atoms with E-state index in [9.17, 15) is 9.59 Å². The second-order valence-corrected chi connectivity index (χ2v) is 6.73. The maximum Gasteiger partial charge on any atom is 0.258 e. The van der Waals surface area contributed by atoms with Crippen molar-refractivity contribution >= 4 is 40.1 Å². The molecule has 2 aliphatic heterocycles. The Hall–Kier alpha value is -2.73. The molecule has 0 spiro atoms. The van der Waals surface area contributed by atoms with Crippen LogP contribution in [0.3, 0.4) is 0 Å². The highest BCUT2D eigenvalue weighted by atomic mass is 32.2. The van der Waals surface area contributed by atoms with Gasteiger partial charge in [-0.1, -0.05) is 54.2 Å². The lowest BCUT2D eigenvalue weighted by atomic mass is 10.1.